The minimum absolute atomic E-state index is 0.469. The van der Waals surface area contributed by atoms with Crippen LogP contribution in [0.2, 0.25) is 0 Å². The van der Waals surface area contributed by atoms with Gasteiger partial charge in [0.05, 0.1) is 0 Å². The third-order valence-electron chi connectivity index (χ3n) is 3.42. The molecule has 0 aliphatic heterocycles. The zero-order valence-corrected chi connectivity index (χ0v) is 11.3. The van der Waals surface area contributed by atoms with Crippen LogP contribution in [0, 0.1) is 17.6 Å². The van der Waals surface area contributed by atoms with Crippen molar-refractivity contribution in [1.29, 1.82) is 0 Å². The van der Waals surface area contributed by atoms with Gasteiger partial charge in [-0.1, -0.05) is 35.2 Å². The van der Waals surface area contributed by atoms with Crippen LogP contribution in [0.4, 0.5) is 8.78 Å². The van der Waals surface area contributed by atoms with Crippen molar-refractivity contribution in [3.63, 3.8) is 0 Å². The monoisotopic (exact) mass is 302 g/mol. The van der Waals surface area contributed by atoms with Crippen molar-refractivity contribution in [3.05, 3.63) is 35.4 Å². The van der Waals surface area contributed by atoms with E-state index in [1.54, 1.807) is 0 Å². The Balaban J connectivity index is 2.03. The fourth-order valence-corrected chi connectivity index (χ4v) is 3.50. The lowest BCUT2D eigenvalue weighted by molar-refractivity contribution is 0.460. The lowest BCUT2D eigenvalue weighted by Crippen LogP contribution is -2.08. The molecule has 2 atom stereocenters. The van der Waals surface area contributed by atoms with Gasteiger partial charge in [-0.3, -0.25) is 0 Å². The van der Waals surface area contributed by atoms with E-state index in [0.717, 1.165) is 24.5 Å². The SMILES string of the molecule is Fc1cc(F)cc(CC2CCCCC(Br)C2)c1. The summed E-state index contributed by atoms with van der Waals surface area (Å²) in [5.74, 6) is -0.392. The van der Waals surface area contributed by atoms with E-state index >= 15 is 0 Å². The third-order valence-corrected chi connectivity index (χ3v) is 4.25. The summed E-state index contributed by atoms with van der Waals surface area (Å²) < 4.78 is 26.2. The zero-order valence-electron chi connectivity index (χ0n) is 9.76. The molecule has 3 heteroatoms. The van der Waals surface area contributed by atoms with Crippen molar-refractivity contribution in [1.82, 2.24) is 0 Å². The van der Waals surface area contributed by atoms with Gasteiger partial charge < -0.3 is 0 Å². The van der Waals surface area contributed by atoms with Crippen LogP contribution < -0.4 is 0 Å². The second-order valence-electron chi connectivity index (χ2n) is 4.97. The Morgan fingerprint density at radius 1 is 1.06 bits per heavy atom. The smallest absolute Gasteiger partial charge is 0.126 e. The molecular weight excluding hydrogens is 286 g/mol. The minimum atomic E-state index is -0.469. The predicted molar refractivity (Wildman–Crippen MR) is 69.4 cm³/mol. The molecule has 1 aromatic carbocycles. The molecule has 2 unspecified atom stereocenters. The standard InChI is InChI=1S/C14H17BrF2/c15-12-4-2-1-3-10(6-12)5-11-7-13(16)9-14(17)8-11/h7-10,12H,1-6H2. The molecule has 0 radical (unpaired) electrons. The summed E-state index contributed by atoms with van der Waals surface area (Å²) in [7, 11) is 0. The van der Waals surface area contributed by atoms with Crippen LogP contribution in [-0.2, 0) is 6.42 Å². The lowest BCUT2D eigenvalue weighted by Gasteiger charge is -2.16. The molecule has 0 nitrogen and oxygen atoms in total. The van der Waals surface area contributed by atoms with Gasteiger partial charge in [0, 0.05) is 10.9 Å². The largest absolute Gasteiger partial charge is 0.207 e. The highest BCUT2D eigenvalue weighted by Gasteiger charge is 2.18. The molecule has 0 N–H and O–H groups in total. The summed E-state index contributed by atoms with van der Waals surface area (Å²) in [5.41, 5.74) is 0.786. The van der Waals surface area contributed by atoms with Gasteiger partial charge in [-0.25, -0.2) is 8.78 Å². The molecule has 0 heterocycles. The lowest BCUT2D eigenvalue weighted by atomic mass is 9.92. The van der Waals surface area contributed by atoms with E-state index < -0.39 is 11.6 Å². The molecular formula is C14H17BrF2. The Labute approximate surface area is 110 Å². The normalized spacial score (nSPS) is 25.6. The van der Waals surface area contributed by atoms with E-state index in [-0.39, 0.29) is 0 Å². The summed E-state index contributed by atoms with van der Waals surface area (Å²) >= 11 is 3.67. The van der Waals surface area contributed by atoms with Crippen LogP contribution in [0.25, 0.3) is 0 Å². The van der Waals surface area contributed by atoms with Crippen molar-refractivity contribution < 1.29 is 8.78 Å². The molecule has 0 spiro atoms. The van der Waals surface area contributed by atoms with E-state index in [1.165, 1.54) is 37.8 Å². The highest BCUT2D eigenvalue weighted by Crippen LogP contribution is 2.30. The molecule has 0 saturated heterocycles. The summed E-state index contributed by atoms with van der Waals surface area (Å²) in [6.45, 7) is 0. The highest BCUT2D eigenvalue weighted by atomic mass is 79.9. The molecule has 0 aromatic heterocycles. The Kier molecular flexibility index (Phi) is 4.55. The van der Waals surface area contributed by atoms with Gasteiger partial charge in [-0.2, -0.15) is 0 Å². The minimum Gasteiger partial charge on any atom is -0.207 e. The molecule has 1 aliphatic rings. The first-order chi connectivity index (χ1) is 8.13. The molecule has 2 rings (SSSR count). The van der Waals surface area contributed by atoms with Gasteiger partial charge in [-0.05, 0) is 42.9 Å². The molecule has 94 valence electrons. The number of halogens is 3. The van der Waals surface area contributed by atoms with Gasteiger partial charge in [0.2, 0.25) is 0 Å². The number of rotatable bonds is 2. The number of benzene rings is 1. The summed E-state index contributed by atoms with van der Waals surface area (Å²) in [6.07, 6.45) is 6.76. The predicted octanol–water partition coefficient (Wildman–Crippen LogP) is 4.85. The zero-order chi connectivity index (χ0) is 12.3. The van der Waals surface area contributed by atoms with Gasteiger partial charge in [0.15, 0.2) is 0 Å². The Morgan fingerprint density at radius 3 is 2.41 bits per heavy atom. The van der Waals surface area contributed by atoms with E-state index in [4.69, 9.17) is 0 Å². The average molecular weight is 303 g/mol. The van der Waals surface area contributed by atoms with Crippen LogP contribution in [-0.4, -0.2) is 4.83 Å². The van der Waals surface area contributed by atoms with E-state index in [0.29, 0.717) is 10.7 Å². The Morgan fingerprint density at radius 2 is 1.71 bits per heavy atom. The van der Waals surface area contributed by atoms with Crippen LogP contribution in [0.3, 0.4) is 0 Å². The second-order valence-corrected chi connectivity index (χ2v) is 6.26. The van der Waals surface area contributed by atoms with Crippen molar-refractivity contribution >= 4 is 15.9 Å². The molecule has 1 fully saturated rings. The molecule has 17 heavy (non-hydrogen) atoms. The molecule has 1 aromatic rings. The van der Waals surface area contributed by atoms with E-state index in [9.17, 15) is 8.78 Å². The first-order valence-corrected chi connectivity index (χ1v) is 7.14. The van der Waals surface area contributed by atoms with Crippen LogP contribution in [0.1, 0.15) is 37.7 Å². The maximum Gasteiger partial charge on any atom is 0.126 e. The summed E-state index contributed by atoms with van der Waals surface area (Å²) in [5, 5.41) is 0. The van der Waals surface area contributed by atoms with Crippen LogP contribution >= 0.6 is 15.9 Å². The van der Waals surface area contributed by atoms with Crippen LogP contribution in [0.15, 0.2) is 18.2 Å². The number of hydrogen-bond acceptors (Lipinski definition) is 0. The number of hydrogen-bond donors (Lipinski definition) is 0. The van der Waals surface area contributed by atoms with Crippen molar-refractivity contribution in [2.45, 2.75) is 43.4 Å². The van der Waals surface area contributed by atoms with Crippen molar-refractivity contribution in [2.24, 2.45) is 5.92 Å². The topological polar surface area (TPSA) is 0 Å². The first kappa shape index (κ1) is 13.0. The molecule has 0 bridgehead atoms. The molecule has 0 amide bonds. The number of alkyl halides is 1. The van der Waals surface area contributed by atoms with E-state index in [2.05, 4.69) is 15.9 Å². The maximum absolute atomic E-state index is 13.1. The third kappa shape index (κ3) is 4.06. The van der Waals surface area contributed by atoms with Crippen molar-refractivity contribution in [2.75, 3.05) is 0 Å². The van der Waals surface area contributed by atoms with Gasteiger partial charge >= 0.3 is 0 Å². The highest BCUT2D eigenvalue weighted by molar-refractivity contribution is 9.09. The molecule has 1 saturated carbocycles. The average Bonchev–Trinajstić information content (AvgIpc) is 2.41. The van der Waals surface area contributed by atoms with Gasteiger partial charge in [0.25, 0.3) is 0 Å². The van der Waals surface area contributed by atoms with Crippen LogP contribution in [0.5, 0.6) is 0 Å². The maximum atomic E-state index is 13.1. The van der Waals surface area contributed by atoms with Gasteiger partial charge in [-0.15, -0.1) is 0 Å². The van der Waals surface area contributed by atoms with Gasteiger partial charge in [0.1, 0.15) is 11.6 Å². The second kappa shape index (κ2) is 5.94. The van der Waals surface area contributed by atoms with E-state index in [1.807, 2.05) is 0 Å². The summed E-state index contributed by atoms with van der Waals surface area (Å²) in [6, 6.07) is 3.85. The molecule has 1 aliphatic carbocycles. The van der Waals surface area contributed by atoms with Crippen molar-refractivity contribution in [3.8, 4) is 0 Å². The summed E-state index contributed by atoms with van der Waals surface area (Å²) in [4.78, 5) is 0.563. The Bertz CT molecular complexity index is 358. The first-order valence-electron chi connectivity index (χ1n) is 6.22. The quantitative estimate of drug-likeness (QED) is 0.541. The fourth-order valence-electron chi connectivity index (χ4n) is 2.64. The Hall–Kier alpha value is -0.440. The fraction of sp³-hybridized carbons (Fsp3) is 0.571.